The number of nitrogens with zero attached hydrogens (tertiary/aromatic N) is 1. The van der Waals surface area contributed by atoms with Gasteiger partial charge in [-0.3, -0.25) is 0 Å². The standard InChI is InChI=1S/C19H15Cl2NO4/c20-14-5-4-11(6-15(14)21)8-22-16-2-1-3-18(26-10-12-9-25-12)13(16)7-17(22)19(23)24/h1-7,12H,8-10H2,(H,23,24). The van der Waals surface area contributed by atoms with Crippen LogP contribution in [0.2, 0.25) is 10.0 Å². The van der Waals surface area contributed by atoms with Crippen LogP contribution in [0.15, 0.2) is 42.5 Å². The summed E-state index contributed by atoms with van der Waals surface area (Å²) in [5.74, 6) is -0.355. The van der Waals surface area contributed by atoms with Crippen LogP contribution in [0.3, 0.4) is 0 Å². The second-order valence-electron chi connectivity index (χ2n) is 6.12. The highest BCUT2D eigenvalue weighted by molar-refractivity contribution is 6.42. The number of hydrogen-bond donors (Lipinski definition) is 1. The molecule has 0 amide bonds. The Labute approximate surface area is 159 Å². The zero-order valence-corrected chi connectivity index (χ0v) is 15.1. The topological polar surface area (TPSA) is 64.0 Å². The van der Waals surface area contributed by atoms with Gasteiger partial charge < -0.3 is 19.1 Å². The zero-order chi connectivity index (χ0) is 18.3. The third kappa shape index (κ3) is 3.38. The molecule has 4 rings (SSSR count). The Morgan fingerprint density at radius 3 is 2.73 bits per heavy atom. The van der Waals surface area contributed by atoms with Crippen LogP contribution in [0.25, 0.3) is 10.9 Å². The Kier molecular flexibility index (Phi) is 4.53. The molecule has 1 atom stereocenters. The fourth-order valence-corrected chi connectivity index (χ4v) is 3.22. The average molecular weight is 392 g/mol. The normalized spacial score (nSPS) is 16.0. The van der Waals surface area contributed by atoms with Crippen LogP contribution in [0, 0.1) is 0 Å². The van der Waals surface area contributed by atoms with Crippen molar-refractivity contribution in [3.05, 3.63) is 63.8 Å². The van der Waals surface area contributed by atoms with E-state index < -0.39 is 5.97 Å². The molecule has 3 aromatic rings. The van der Waals surface area contributed by atoms with Crippen molar-refractivity contribution < 1.29 is 19.4 Å². The maximum atomic E-state index is 11.8. The van der Waals surface area contributed by atoms with Crippen molar-refractivity contribution in [2.75, 3.05) is 13.2 Å². The molecule has 1 N–H and O–H groups in total. The number of halogens is 2. The maximum absolute atomic E-state index is 11.8. The van der Waals surface area contributed by atoms with E-state index in [-0.39, 0.29) is 11.8 Å². The highest BCUT2D eigenvalue weighted by Gasteiger charge is 2.24. The third-order valence-corrected chi connectivity index (χ3v) is 5.02. The molecule has 1 aliphatic heterocycles. The minimum atomic E-state index is -1.00. The second kappa shape index (κ2) is 6.83. The first kappa shape index (κ1) is 17.2. The highest BCUT2D eigenvalue weighted by Crippen LogP contribution is 2.31. The second-order valence-corrected chi connectivity index (χ2v) is 6.94. The summed E-state index contributed by atoms with van der Waals surface area (Å²) in [7, 11) is 0. The summed E-state index contributed by atoms with van der Waals surface area (Å²) in [6, 6.07) is 12.5. The van der Waals surface area contributed by atoms with Gasteiger partial charge >= 0.3 is 5.97 Å². The Morgan fingerprint density at radius 1 is 1.23 bits per heavy atom. The summed E-state index contributed by atoms with van der Waals surface area (Å²) < 4.78 is 12.7. The van der Waals surface area contributed by atoms with E-state index in [1.54, 1.807) is 22.8 Å². The molecule has 2 aromatic carbocycles. The van der Waals surface area contributed by atoms with Gasteiger partial charge in [0.15, 0.2) is 0 Å². The maximum Gasteiger partial charge on any atom is 0.352 e. The lowest BCUT2D eigenvalue weighted by Gasteiger charge is -2.10. The Morgan fingerprint density at radius 2 is 2.04 bits per heavy atom. The van der Waals surface area contributed by atoms with E-state index in [0.717, 1.165) is 16.5 Å². The summed E-state index contributed by atoms with van der Waals surface area (Å²) in [6.45, 7) is 1.52. The Hall–Kier alpha value is -2.21. The van der Waals surface area contributed by atoms with Crippen molar-refractivity contribution in [1.82, 2.24) is 4.57 Å². The van der Waals surface area contributed by atoms with Gasteiger partial charge in [-0.1, -0.05) is 35.3 Å². The molecule has 134 valence electrons. The van der Waals surface area contributed by atoms with Gasteiger partial charge in [0.1, 0.15) is 24.2 Å². The van der Waals surface area contributed by atoms with Gasteiger partial charge in [-0.05, 0) is 35.9 Å². The van der Waals surface area contributed by atoms with Crippen LogP contribution in [0.4, 0.5) is 0 Å². The van der Waals surface area contributed by atoms with Crippen LogP contribution in [-0.4, -0.2) is 35.0 Å². The first-order valence-electron chi connectivity index (χ1n) is 8.07. The van der Waals surface area contributed by atoms with Gasteiger partial charge in [0, 0.05) is 11.9 Å². The van der Waals surface area contributed by atoms with Crippen molar-refractivity contribution in [3.8, 4) is 5.75 Å². The fraction of sp³-hybridized carbons (Fsp3) is 0.211. The predicted molar refractivity (Wildman–Crippen MR) is 99.7 cm³/mol. The number of fused-ring (bicyclic) bond motifs is 1. The molecule has 1 aliphatic rings. The molecule has 0 bridgehead atoms. The predicted octanol–water partition coefficient (Wildman–Crippen LogP) is 4.47. The van der Waals surface area contributed by atoms with Crippen molar-refractivity contribution >= 4 is 40.1 Å². The van der Waals surface area contributed by atoms with Gasteiger partial charge in [0.2, 0.25) is 0 Å². The smallest absolute Gasteiger partial charge is 0.352 e. The van der Waals surface area contributed by atoms with Crippen molar-refractivity contribution in [2.24, 2.45) is 0 Å². The summed E-state index contributed by atoms with van der Waals surface area (Å²) in [6.07, 6.45) is 0.127. The highest BCUT2D eigenvalue weighted by atomic mass is 35.5. The molecule has 0 aliphatic carbocycles. The van der Waals surface area contributed by atoms with E-state index >= 15 is 0 Å². The minimum absolute atomic E-state index is 0.127. The van der Waals surface area contributed by atoms with E-state index in [9.17, 15) is 9.90 Å². The Balaban J connectivity index is 1.76. The van der Waals surface area contributed by atoms with E-state index in [0.29, 0.717) is 35.6 Å². The summed E-state index contributed by atoms with van der Waals surface area (Å²) in [4.78, 5) is 11.8. The van der Waals surface area contributed by atoms with Crippen LogP contribution in [0.1, 0.15) is 16.1 Å². The molecule has 5 nitrogen and oxygen atoms in total. The largest absolute Gasteiger partial charge is 0.490 e. The molecular formula is C19H15Cl2NO4. The summed E-state index contributed by atoms with van der Waals surface area (Å²) >= 11 is 12.1. The SMILES string of the molecule is O=C(O)c1cc2c(OCC3CO3)cccc2n1Cc1ccc(Cl)c(Cl)c1. The molecule has 0 saturated carbocycles. The number of hydrogen-bond acceptors (Lipinski definition) is 3. The number of aromatic nitrogens is 1. The van der Waals surface area contributed by atoms with Gasteiger partial charge in [0.25, 0.3) is 0 Å². The van der Waals surface area contributed by atoms with E-state index in [4.69, 9.17) is 32.7 Å². The van der Waals surface area contributed by atoms with Crippen LogP contribution < -0.4 is 4.74 Å². The molecule has 1 saturated heterocycles. The van der Waals surface area contributed by atoms with E-state index in [1.165, 1.54) is 0 Å². The number of ether oxygens (including phenoxy) is 2. The summed E-state index contributed by atoms with van der Waals surface area (Å²) in [5, 5.41) is 11.3. The van der Waals surface area contributed by atoms with Crippen LogP contribution in [-0.2, 0) is 11.3 Å². The average Bonchev–Trinajstić information content (AvgIpc) is 3.37. The number of rotatable bonds is 6. The van der Waals surface area contributed by atoms with Crippen molar-refractivity contribution in [2.45, 2.75) is 12.6 Å². The molecule has 0 spiro atoms. The van der Waals surface area contributed by atoms with E-state index in [1.807, 2.05) is 24.3 Å². The van der Waals surface area contributed by atoms with Crippen LogP contribution in [0.5, 0.6) is 5.75 Å². The monoisotopic (exact) mass is 391 g/mol. The fourth-order valence-electron chi connectivity index (χ4n) is 2.90. The van der Waals surface area contributed by atoms with Crippen LogP contribution >= 0.6 is 23.2 Å². The van der Waals surface area contributed by atoms with Gasteiger partial charge in [-0.15, -0.1) is 0 Å². The minimum Gasteiger partial charge on any atom is -0.490 e. The zero-order valence-electron chi connectivity index (χ0n) is 13.6. The lowest BCUT2D eigenvalue weighted by Crippen LogP contribution is -2.09. The van der Waals surface area contributed by atoms with Crippen molar-refractivity contribution in [1.29, 1.82) is 0 Å². The molecule has 26 heavy (non-hydrogen) atoms. The molecule has 1 unspecified atom stereocenters. The molecule has 2 heterocycles. The Bertz CT molecular complexity index is 995. The van der Waals surface area contributed by atoms with Gasteiger partial charge in [-0.2, -0.15) is 0 Å². The van der Waals surface area contributed by atoms with E-state index in [2.05, 4.69) is 0 Å². The molecule has 1 aromatic heterocycles. The summed E-state index contributed by atoms with van der Waals surface area (Å²) in [5.41, 5.74) is 1.82. The van der Waals surface area contributed by atoms with Gasteiger partial charge in [-0.25, -0.2) is 4.79 Å². The first-order valence-corrected chi connectivity index (χ1v) is 8.82. The molecule has 0 radical (unpaired) electrons. The molecule has 1 fully saturated rings. The lowest BCUT2D eigenvalue weighted by molar-refractivity contribution is 0.0686. The van der Waals surface area contributed by atoms with Crippen molar-refractivity contribution in [3.63, 3.8) is 0 Å². The number of carboxylic acids is 1. The third-order valence-electron chi connectivity index (χ3n) is 4.28. The first-order chi connectivity index (χ1) is 12.5. The number of carboxylic acid groups (broad SMARTS) is 1. The number of benzene rings is 2. The number of epoxide rings is 1. The molecular weight excluding hydrogens is 377 g/mol. The van der Waals surface area contributed by atoms with Gasteiger partial charge in [0.05, 0.1) is 22.2 Å². The molecule has 7 heteroatoms. The lowest BCUT2D eigenvalue weighted by atomic mass is 10.2. The number of aromatic carboxylic acids is 1. The number of carbonyl (C=O) groups is 1. The quantitative estimate of drug-likeness (QED) is 0.629.